The summed E-state index contributed by atoms with van der Waals surface area (Å²) in [6.45, 7) is 0. The molecule has 16 rings (SSSR count). The molecule has 12 aromatic rings. The van der Waals surface area contributed by atoms with E-state index in [1.165, 1.54) is 44.5 Å². The molecule has 0 bridgehead atoms. The zero-order valence-electron chi connectivity index (χ0n) is 38.8. The Hall–Kier alpha value is -9.38. The normalized spacial score (nSPS) is 14.3. The third-order valence-electron chi connectivity index (χ3n) is 16.0. The summed E-state index contributed by atoms with van der Waals surface area (Å²) in [5.41, 5.74) is 20.3. The number of rotatable bonds is 4. The summed E-state index contributed by atoms with van der Waals surface area (Å²) in [4.78, 5) is 2.46. The van der Waals surface area contributed by atoms with Crippen molar-refractivity contribution in [1.82, 2.24) is 0 Å². The highest BCUT2D eigenvalue weighted by Gasteiger charge is 2.53. The van der Waals surface area contributed by atoms with Gasteiger partial charge < -0.3 is 18.8 Å². The molecule has 4 heteroatoms. The second kappa shape index (κ2) is 14.6. The first-order valence-electron chi connectivity index (χ1n) is 24.7. The van der Waals surface area contributed by atoms with Crippen molar-refractivity contribution < 1.29 is 13.9 Å². The van der Waals surface area contributed by atoms with Gasteiger partial charge in [-0.3, -0.25) is 0 Å². The lowest BCUT2D eigenvalue weighted by Crippen LogP contribution is -2.32. The van der Waals surface area contributed by atoms with Crippen molar-refractivity contribution in [2.24, 2.45) is 0 Å². The fourth-order valence-electron chi connectivity index (χ4n) is 13.2. The fourth-order valence-corrected chi connectivity index (χ4v) is 13.2. The van der Waals surface area contributed by atoms with Crippen LogP contribution in [0.15, 0.2) is 253 Å². The molecule has 0 atom stereocenters. The Kier molecular flexibility index (Phi) is 7.99. The molecule has 0 saturated carbocycles. The van der Waals surface area contributed by atoms with Crippen molar-refractivity contribution >= 4 is 39.0 Å². The van der Waals surface area contributed by atoms with Crippen LogP contribution in [0.2, 0.25) is 0 Å². The van der Waals surface area contributed by atoms with Gasteiger partial charge in [-0.15, -0.1) is 0 Å². The Morgan fingerprint density at radius 1 is 0.278 bits per heavy atom. The lowest BCUT2D eigenvalue weighted by molar-refractivity contribution is 0.436. The van der Waals surface area contributed by atoms with Crippen LogP contribution in [0, 0.1) is 0 Å². The van der Waals surface area contributed by atoms with E-state index in [0.29, 0.717) is 0 Å². The van der Waals surface area contributed by atoms with E-state index in [0.717, 1.165) is 95.4 Å². The summed E-state index contributed by atoms with van der Waals surface area (Å²) in [7, 11) is 0. The van der Waals surface area contributed by atoms with Gasteiger partial charge in [0.05, 0.1) is 10.8 Å². The van der Waals surface area contributed by atoms with E-state index >= 15 is 0 Å². The molecule has 0 amide bonds. The molecule has 72 heavy (non-hydrogen) atoms. The fraction of sp³-hybridized carbons (Fsp3) is 0.0294. The van der Waals surface area contributed by atoms with Crippen molar-refractivity contribution in [2.45, 2.75) is 10.8 Å². The molecule has 4 nitrogen and oxygen atoms in total. The summed E-state index contributed by atoms with van der Waals surface area (Å²) in [6.07, 6.45) is 0. The van der Waals surface area contributed by atoms with E-state index in [1.807, 2.05) is 12.1 Å². The van der Waals surface area contributed by atoms with Gasteiger partial charge in [-0.1, -0.05) is 176 Å². The molecule has 336 valence electrons. The standard InChI is InChI=1S/C68H41NO3/c1-4-20-52-47(16-1)49-38-36-44(40-58(49)67(52)54-22-6-11-27-61(54)71-62-28-12-7-23-55(62)67)69(43-34-32-42(33-35-43)46-19-15-31-65-66(46)51-18-3-10-26-60(51)70-65)45-37-39-50-48-17-2-5-21-53(48)68(59(50)41-45)56-24-8-13-29-63(56)72-64-30-14-9-25-57(64)68/h1-41H. The monoisotopic (exact) mass is 919 g/mol. The number of anilines is 3. The highest BCUT2D eigenvalue weighted by Crippen LogP contribution is 2.65. The Labute approximate surface area is 416 Å². The van der Waals surface area contributed by atoms with Crippen molar-refractivity contribution in [1.29, 1.82) is 0 Å². The highest BCUT2D eigenvalue weighted by molar-refractivity contribution is 6.12. The topological polar surface area (TPSA) is 34.8 Å². The zero-order valence-corrected chi connectivity index (χ0v) is 38.8. The molecule has 4 aliphatic rings. The van der Waals surface area contributed by atoms with Crippen LogP contribution in [0.1, 0.15) is 44.5 Å². The molecule has 2 spiro atoms. The molecule has 2 aliphatic carbocycles. The van der Waals surface area contributed by atoms with Gasteiger partial charge in [0.15, 0.2) is 0 Å². The maximum absolute atomic E-state index is 6.75. The van der Waals surface area contributed by atoms with Gasteiger partial charge in [0.25, 0.3) is 0 Å². The molecule has 0 unspecified atom stereocenters. The maximum Gasteiger partial charge on any atom is 0.136 e. The van der Waals surface area contributed by atoms with E-state index in [1.54, 1.807) is 0 Å². The highest BCUT2D eigenvalue weighted by atomic mass is 16.5. The largest absolute Gasteiger partial charge is 0.457 e. The minimum absolute atomic E-state index is 0.631. The Balaban J connectivity index is 0.957. The average Bonchev–Trinajstić information content (AvgIpc) is 4.07. The third-order valence-corrected chi connectivity index (χ3v) is 16.0. The van der Waals surface area contributed by atoms with E-state index in [4.69, 9.17) is 13.9 Å². The number of hydrogen-bond donors (Lipinski definition) is 0. The number of hydrogen-bond acceptors (Lipinski definition) is 4. The molecule has 0 N–H and O–H groups in total. The molecule has 0 fully saturated rings. The Bertz CT molecular complexity index is 3970. The number of ether oxygens (including phenoxy) is 2. The average molecular weight is 920 g/mol. The third kappa shape index (κ3) is 5.10. The van der Waals surface area contributed by atoms with Gasteiger partial charge in [0.2, 0.25) is 0 Å². The SMILES string of the molecule is c1ccc2c(c1)Oc1ccccc1C21c2ccccc2-c2ccc(N(c3ccc(-c4cccc5oc6ccccc6c45)cc3)c3ccc4c(c3)C3(c5ccccc5Oc5ccccc53)c3ccccc3-4)cc21. The minimum Gasteiger partial charge on any atom is -0.457 e. The summed E-state index contributed by atoms with van der Waals surface area (Å²) in [6, 6.07) is 90.3. The predicted octanol–water partition coefficient (Wildman–Crippen LogP) is 17.7. The number of benzene rings is 11. The van der Waals surface area contributed by atoms with Crippen LogP contribution in [0.25, 0.3) is 55.3 Å². The van der Waals surface area contributed by atoms with Crippen molar-refractivity contribution in [3.63, 3.8) is 0 Å². The van der Waals surface area contributed by atoms with E-state index < -0.39 is 10.8 Å². The summed E-state index contributed by atoms with van der Waals surface area (Å²) in [5, 5.41) is 2.24. The second-order valence-corrected chi connectivity index (χ2v) is 19.4. The quantitative estimate of drug-likeness (QED) is 0.176. The predicted molar refractivity (Wildman–Crippen MR) is 289 cm³/mol. The van der Waals surface area contributed by atoms with Gasteiger partial charge in [-0.25, -0.2) is 0 Å². The van der Waals surface area contributed by atoms with E-state index in [9.17, 15) is 0 Å². The number of para-hydroxylation sites is 5. The molecular weight excluding hydrogens is 879 g/mol. The maximum atomic E-state index is 6.75. The van der Waals surface area contributed by atoms with Crippen molar-refractivity contribution in [3.8, 4) is 56.4 Å². The number of fused-ring (bicyclic) bond motifs is 21. The van der Waals surface area contributed by atoms with Crippen LogP contribution in [0.5, 0.6) is 23.0 Å². The molecule has 2 aliphatic heterocycles. The van der Waals surface area contributed by atoms with Crippen LogP contribution in [0.3, 0.4) is 0 Å². The molecule has 11 aromatic carbocycles. The first kappa shape index (κ1) is 39.5. The smallest absolute Gasteiger partial charge is 0.136 e. The minimum atomic E-state index is -0.631. The first-order valence-corrected chi connectivity index (χ1v) is 24.7. The van der Waals surface area contributed by atoms with Gasteiger partial charge >= 0.3 is 0 Å². The molecule has 0 saturated heterocycles. The van der Waals surface area contributed by atoms with Crippen LogP contribution in [0.4, 0.5) is 17.1 Å². The van der Waals surface area contributed by atoms with Crippen LogP contribution in [-0.4, -0.2) is 0 Å². The van der Waals surface area contributed by atoms with E-state index in [-0.39, 0.29) is 0 Å². The molecule has 1 aromatic heterocycles. The summed E-state index contributed by atoms with van der Waals surface area (Å²) in [5.74, 6) is 3.49. The molecule has 3 heterocycles. The second-order valence-electron chi connectivity index (χ2n) is 19.4. The summed E-state index contributed by atoms with van der Waals surface area (Å²) < 4.78 is 19.9. The first-order chi connectivity index (χ1) is 35.7. The summed E-state index contributed by atoms with van der Waals surface area (Å²) >= 11 is 0. The van der Waals surface area contributed by atoms with Crippen molar-refractivity contribution in [3.05, 3.63) is 293 Å². The van der Waals surface area contributed by atoms with Crippen LogP contribution in [-0.2, 0) is 10.8 Å². The lowest BCUT2D eigenvalue weighted by atomic mass is 9.66. The molecule has 0 radical (unpaired) electrons. The Morgan fingerprint density at radius 3 is 1.18 bits per heavy atom. The van der Waals surface area contributed by atoms with E-state index in [2.05, 4.69) is 241 Å². The van der Waals surface area contributed by atoms with Crippen molar-refractivity contribution in [2.75, 3.05) is 4.90 Å². The number of furan rings is 1. The zero-order chi connectivity index (χ0) is 47.1. The molecular formula is C68H41NO3. The van der Waals surface area contributed by atoms with Crippen LogP contribution < -0.4 is 14.4 Å². The van der Waals surface area contributed by atoms with Crippen LogP contribution >= 0.6 is 0 Å². The van der Waals surface area contributed by atoms with Gasteiger partial charge in [-0.2, -0.15) is 0 Å². The van der Waals surface area contributed by atoms with Gasteiger partial charge in [-0.05, 0) is 128 Å². The lowest BCUT2D eigenvalue weighted by Gasteiger charge is -2.40. The Morgan fingerprint density at radius 2 is 0.667 bits per heavy atom. The van der Waals surface area contributed by atoms with Gasteiger partial charge in [0.1, 0.15) is 34.2 Å². The number of nitrogens with zero attached hydrogens (tertiary/aromatic N) is 1. The van der Waals surface area contributed by atoms with Gasteiger partial charge in [0, 0.05) is 50.1 Å².